The summed E-state index contributed by atoms with van der Waals surface area (Å²) < 4.78 is 13.4. The van der Waals surface area contributed by atoms with Crippen LogP contribution in [0.4, 0.5) is 0 Å². The summed E-state index contributed by atoms with van der Waals surface area (Å²) in [7, 11) is 3.35. The molecule has 0 saturated heterocycles. The number of benzene rings is 1. The van der Waals surface area contributed by atoms with Crippen molar-refractivity contribution in [3.63, 3.8) is 0 Å². The van der Waals surface area contributed by atoms with E-state index in [1.807, 2.05) is 24.4 Å². The molecule has 1 unspecified atom stereocenters. The number of imidazole rings is 1. The highest BCUT2D eigenvalue weighted by Gasteiger charge is 2.14. The van der Waals surface area contributed by atoms with E-state index >= 15 is 0 Å². The van der Waals surface area contributed by atoms with Crippen LogP contribution >= 0.6 is 12.2 Å². The van der Waals surface area contributed by atoms with E-state index < -0.39 is 0 Å². The molecule has 110 valence electrons. The fraction of sp³-hybridized carbons (Fsp3) is 0.333. The molecule has 0 aliphatic carbocycles. The third-order valence-electron chi connectivity index (χ3n) is 3.58. The quantitative estimate of drug-likeness (QED) is 0.736. The number of hydrogen-bond donors (Lipinski definition) is 1. The molecule has 0 bridgehead atoms. The van der Waals surface area contributed by atoms with Gasteiger partial charge in [-0.25, -0.2) is 0 Å². The summed E-state index contributed by atoms with van der Waals surface area (Å²) in [5, 5.41) is 1.08. The van der Waals surface area contributed by atoms with E-state index in [-0.39, 0.29) is 6.10 Å². The van der Waals surface area contributed by atoms with Gasteiger partial charge in [0.2, 0.25) is 0 Å². The fourth-order valence-electron chi connectivity index (χ4n) is 2.55. The zero-order chi connectivity index (χ0) is 14.8. The largest absolute Gasteiger partial charge is 0.382 e. The summed E-state index contributed by atoms with van der Waals surface area (Å²) in [6.45, 7) is 1.16. The molecule has 3 rings (SSSR count). The van der Waals surface area contributed by atoms with Gasteiger partial charge in [-0.15, -0.1) is 0 Å². The van der Waals surface area contributed by atoms with Crippen molar-refractivity contribution in [1.82, 2.24) is 14.5 Å². The number of aromatic amines is 1. The summed E-state index contributed by atoms with van der Waals surface area (Å²) in [6.07, 6.45) is 1.77. The van der Waals surface area contributed by atoms with Crippen LogP contribution in [0, 0.1) is 4.77 Å². The highest BCUT2D eigenvalue weighted by Crippen LogP contribution is 2.23. The molecule has 0 aliphatic heterocycles. The predicted molar refractivity (Wildman–Crippen MR) is 85.1 cm³/mol. The molecule has 1 aromatic carbocycles. The topological polar surface area (TPSA) is 52.1 Å². The molecule has 3 aromatic rings. The molecular formula is C15H17N3O2S. The van der Waals surface area contributed by atoms with Gasteiger partial charge in [0.1, 0.15) is 0 Å². The minimum Gasteiger partial charge on any atom is -0.382 e. The first-order valence-corrected chi connectivity index (χ1v) is 7.13. The molecule has 2 aromatic heterocycles. The summed E-state index contributed by atoms with van der Waals surface area (Å²) in [5.74, 6) is 0. The van der Waals surface area contributed by atoms with Gasteiger partial charge in [0.05, 0.1) is 42.0 Å². The summed E-state index contributed by atoms with van der Waals surface area (Å²) in [4.78, 5) is 7.66. The number of pyridine rings is 1. The van der Waals surface area contributed by atoms with Crippen molar-refractivity contribution < 1.29 is 9.47 Å². The highest BCUT2D eigenvalue weighted by molar-refractivity contribution is 7.71. The van der Waals surface area contributed by atoms with Gasteiger partial charge in [-0.05, 0) is 18.3 Å². The lowest BCUT2D eigenvalue weighted by molar-refractivity contribution is 0.0188. The van der Waals surface area contributed by atoms with Crippen LogP contribution in [-0.2, 0) is 16.0 Å². The molecule has 5 nitrogen and oxygen atoms in total. The van der Waals surface area contributed by atoms with Crippen molar-refractivity contribution >= 4 is 34.2 Å². The van der Waals surface area contributed by atoms with Crippen LogP contribution in [0.25, 0.3) is 21.9 Å². The lowest BCUT2D eigenvalue weighted by atomic mass is 10.2. The number of aromatic nitrogens is 3. The maximum absolute atomic E-state index is 5.46. The van der Waals surface area contributed by atoms with E-state index in [9.17, 15) is 0 Å². The normalized spacial score (nSPS) is 13.0. The Hall–Kier alpha value is -1.76. The molecule has 0 fully saturated rings. The second kappa shape index (κ2) is 5.93. The van der Waals surface area contributed by atoms with Crippen molar-refractivity contribution in [2.24, 2.45) is 0 Å². The van der Waals surface area contributed by atoms with Gasteiger partial charge in [0.15, 0.2) is 4.77 Å². The third kappa shape index (κ3) is 2.57. The van der Waals surface area contributed by atoms with Crippen molar-refractivity contribution in [3.05, 3.63) is 35.2 Å². The average molecular weight is 303 g/mol. The minimum absolute atomic E-state index is 0.0485. The Kier molecular flexibility index (Phi) is 4.01. The standard InChI is InChI=1S/C15H17N3O2S/c1-19-9-10(20-2)8-18-14-11-5-3-4-6-12(11)16-7-13(14)17-15(18)21/h3-7,10H,8-9H2,1-2H3,(H,17,21). The number of fused-ring (bicyclic) bond motifs is 3. The Bertz CT molecular complexity index is 825. The number of nitrogens with one attached hydrogen (secondary N) is 1. The number of para-hydroxylation sites is 1. The Labute approximate surface area is 127 Å². The van der Waals surface area contributed by atoms with Crippen LogP contribution < -0.4 is 0 Å². The van der Waals surface area contributed by atoms with E-state index in [4.69, 9.17) is 21.7 Å². The van der Waals surface area contributed by atoms with Crippen LogP contribution in [0.15, 0.2) is 30.5 Å². The van der Waals surface area contributed by atoms with Crippen LogP contribution in [-0.4, -0.2) is 41.5 Å². The van der Waals surface area contributed by atoms with Gasteiger partial charge >= 0.3 is 0 Å². The number of methoxy groups -OCH3 is 2. The van der Waals surface area contributed by atoms with Gasteiger partial charge in [-0.1, -0.05) is 18.2 Å². The van der Waals surface area contributed by atoms with Crippen molar-refractivity contribution in [2.45, 2.75) is 12.6 Å². The maximum atomic E-state index is 5.46. The highest BCUT2D eigenvalue weighted by atomic mass is 32.1. The second-order valence-corrected chi connectivity index (χ2v) is 5.28. The van der Waals surface area contributed by atoms with Gasteiger partial charge in [0, 0.05) is 19.6 Å². The Morgan fingerprint density at radius 3 is 2.90 bits per heavy atom. The maximum Gasteiger partial charge on any atom is 0.178 e. The zero-order valence-electron chi connectivity index (χ0n) is 12.0. The molecule has 2 heterocycles. The summed E-state index contributed by atoms with van der Waals surface area (Å²) >= 11 is 5.45. The van der Waals surface area contributed by atoms with Crippen LogP contribution in [0.5, 0.6) is 0 Å². The van der Waals surface area contributed by atoms with E-state index in [0.717, 1.165) is 21.9 Å². The van der Waals surface area contributed by atoms with E-state index in [1.54, 1.807) is 14.2 Å². The van der Waals surface area contributed by atoms with E-state index in [0.29, 0.717) is 17.9 Å². The predicted octanol–water partition coefficient (Wildman–Crippen LogP) is 2.91. The molecule has 0 spiro atoms. The number of hydrogen-bond acceptors (Lipinski definition) is 4. The zero-order valence-corrected chi connectivity index (χ0v) is 12.8. The Balaban J connectivity index is 2.19. The Morgan fingerprint density at radius 1 is 1.33 bits per heavy atom. The van der Waals surface area contributed by atoms with Crippen molar-refractivity contribution in [2.75, 3.05) is 20.8 Å². The number of nitrogens with zero attached hydrogens (tertiary/aromatic N) is 2. The molecule has 0 saturated carbocycles. The average Bonchev–Trinajstić information content (AvgIpc) is 2.83. The smallest absolute Gasteiger partial charge is 0.178 e. The number of rotatable bonds is 5. The van der Waals surface area contributed by atoms with Crippen LogP contribution in [0.3, 0.4) is 0 Å². The molecule has 0 aliphatic rings. The molecule has 1 N–H and O–H groups in total. The molecule has 21 heavy (non-hydrogen) atoms. The fourth-order valence-corrected chi connectivity index (χ4v) is 2.83. The van der Waals surface area contributed by atoms with Crippen molar-refractivity contribution in [1.29, 1.82) is 0 Å². The first kappa shape index (κ1) is 14.2. The second-order valence-electron chi connectivity index (χ2n) is 4.89. The summed E-state index contributed by atoms with van der Waals surface area (Å²) in [6, 6.07) is 8.04. The molecule has 1 atom stereocenters. The van der Waals surface area contributed by atoms with E-state index in [1.165, 1.54) is 0 Å². The van der Waals surface area contributed by atoms with Gasteiger partial charge in [-0.2, -0.15) is 0 Å². The Morgan fingerprint density at radius 2 is 2.14 bits per heavy atom. The first-order chi connectivity index (χ1) is 10.2. The third-order valence-corrected chi connectivity index (χ3v) is 3.90. The first-order valence-electron chi connectivity index (χ1n) is 6.72. The lowest BCUT2D eigenvalue weighted by Crippen LogP contribution is -2.23. The van der Waals surface area contributed by atoms with Gasteiger partial charge < -0.3 is 19.0 Å². The molecular weight excluding hydrogens is 286 g/mol. The summed E-state index contributed by atoms with van der Waals surface area (Å²) in [5.41, 5.74) is 2.95. The van der Waals surface area contributed by atoms with Gasteiger partial charge in [-0.3, -0.25) is 4.98 Å². The molecule has 0 radical (unpaired) electrons. The minimum atomic E-state index is -0.0485. The lowest BCUT2D eigenvalue weighted by Gasteiger charge is -2.16. The van der Waals surface area contributed by atoms with Crippen LogP contribution in [0.2, 0.25) is 0 Å². The van der Waals surface area contributed by atoms with Gasteiger partial charge in [0.25, 0.3) is 0 Å². The SMILES string of the molecule is COCC(Cn1c(=S)[nH]c2cnc3ccccc3c21)OC. The molecule has 6 heteroatoms. The number of H-pyrrole nitrogens is 1. The van der Waals surface area contributed by atoms with Crippen molar-refractivity contribution in [3.8, 4) is 0 Å². The monoisotopic (exact) mass is 303 g/mol. The number of ether oxygens (including phenoxy) is 2. The van der Waals surface area contributed by atoms with E-state index in [2.05, 4.69) is 20.6 Å². The van der Waals surface area contributed by atoms with Crippen LogP contribution in [0.1, 0.15) is 0 Å². The molecule has 0 amide bonds.